The molecule has 1 N–H and O–H groups in total. The monoisotopic (exact) mass is 331 g/mol. The van der Waals surface area contributed by atoms with Crippen LogP contribution in [0.4, 0.5) is 0 Å². The van der Waals surface area contributed by atoms with Crippen LogP contribution in [-0.4, -0.2) is 48.1 Å². The Hall–Kier alpha value is -1.66. The molecule has 0 saturated carbocycles. The van der Waals surface area contributed by atoms with E-state index in [2.05, 4.69) is 22.1 Å². The third kappa shape index (κ3) is 2.50. The van der Waals surface area contributed by atoms with E-state index in [1.54, 1.807) is 24.5 Å². The molecular formula is C17H21N3O2S. The van der Waals surface area contributed by atoms with Gasteiger partial charge in [0.05, 0.1) is 17.3 Å². The molecule has 3 fully saturated rings. The highest BCUT2D eigenvalue weighted by Gasteiger charge is 2.40. The van der Waals surface area contributed by atoms with Crippen molar-refractivity contribution < 1.29 is 9.53 Å². The summed E-state index contributed by atoms with van der Waals surface area (Å²) in [4.78, 5) is 19.7. The maximum absolute atomic E-state index is 12.7. The van der Waals surface area contributed by atoms with Gasteiger partial charge in [0.1, 0.15) is 11.4 Å². The SMILES string of the molecule is COc1cc(C(=O)N[C@@H]2C3CCN(CC3)[C@H]2C)nc2ccsc12. The Balaban J connectivity index is 1.59. The van der Waals surface area contributed by atoms with E-state index in [1.807, 2.05) is 11.4 Å². The Labute approximate surface area is 139 Å². The van der Waals surface area contributed by atoms with Crippen LogP contribution in [0.5, 0.6) is 5.75 Å². The number of methoxy groups -OCH3 is 1. The van der Waals surface area contributed by atoms with Crippen LogP contribution in [0.2, 0.25) is 0 Å². The van der Waals surface area contributed by atoms with E-state index < -0.39 is 0 Å². The molecule has 2 aromatic heterocycles. The highest BCUT2D eigenvalue weighted by molar-refractivity contribution is 7.17. The summed E-state index contributed by atoms with van der Waals surface area (Å²) in [6.45, 7) is 4.53. The van der Waals surface area contributed by atoms with Crippen LogP contribution < -0.4 is 10.1 Å². The van der Waals surface area contributed by atoms with Crippen molar-refractivity contribution >= 4 is 27.5 Å². The van der Waals surface area contributed by atoms with Crippen LogP contribution in [0.3, 0.4) is 0 Å². The van der Waals surface area contributed by atoms with E-state index in [9.17, 15) is 4.79 Å². The Kier molecular flexibility index (Phi) is 3.73. The number of nitrogens with one attached hydrogen (secondary N) is 1. The van der Waals surface area contributed by atoms with Gasteiger partial charge in [0.2, 0.25) is 0 Å². The van der Waals surface area contributed by atoms with Crippen molar-refractivity contribution in [2.75, 3.05) is 20.2 Å². The zero-order valence-electron chi connectivity index (χ0n) is 13.4. The van der Waals surface area contributed by atoms with Crippen molar-refractivity contribution in [2.24, 2.45) is 5.92 Å². The Morgan fingerprint density at radius 1 is 1.43 bits per heavy atom. The van der Waals surface area contributed by atoms with Crippen LogP contribution in [0, 0.1) is 5.92 Å². The molecule has 0 aliphatic carbocycles. The summed E-state index contributed by atoms with van der Waals surface area (Å²) >= 11 is 1.58. The first kappa shape index (κ1) is 14.9. The molecule has 122 valence electrons. The molecule has 0 radical (unpaired) electrons. The average molecular weight is 331 g/mol. The summed E-state index contributed by atoms with van der Waals surface area (Å²) in [6.07, 6.45) is 2.35. The molecule has 1 amide bonds. The summed E-state index contributed by atoms with van der Waals surface area (Å²) in [5.41, 5.74) is 1.26. The topological polar surface area (TPSA) is 54.5 Å². The summed E-state index contributed by atoms with van der Waals surface area (Å²) in [5.74, 6) is 1.21. The molecule has 3 aliphatic rings. The number of ether oxygens (including phenoxy) is 1. The minimum Gasteiger partial charge on any atom is -0.495 e. The third-order valence-electron chi connectivity index (χ3n) is 5.31. The molecule has 2 atom stereocenters. The predicted octanol–water partition coefficient (Wildman–Crippen LogP) is 2.52. The van der Waals surface area contributed by atoms with Crippen LogP contribution in [-0.2, 0) is 0 Å². The molecule has 5 rings (SSSR count). The average Bonchev–Trinajstić information content (AvgIpc) is 3.06. The normalized spacial score (nSPS) is 29.7. The van der Waals surface area contributed by atoms with Crippen molar-refractivity contribution in [1.82, 2.24) is 15.2 Å². The first-order valence-corrected chi connectivity index (χ1v) is 9.02. The molecule has 0 unspecified atom stereocenters. The number of carbonyl (C=O) groups is 1. The van der Waals surface area contributed by atoms with Crippen LogP contribution in [0.1, 0.15) is 30.3 Å². The summed E-state index contributed by atoms with van der Waals surface area (Å²) in [5, 5.41) is 5.20. The van der Waals surface area contributed by atoms with Gasteiger partial charge in [-0.1, -0.05) is 0 Å². The van der Waals surface area contributed by atoms with Gasteiger partial charge in [-0.3, -0.25) is 9.69 Å². The zero-order valence-corrected chi connectivity index (χ0v) is 14.2. The summed E-state index contributed by atoms with van der Waals surface area (Å²) in [6, 6.07) is 4.30. The second kappa shape index (κ2) is 5.76. The molecule has 0 aromatic carbocycles. The number of fused-ring (bicyclic) bond motifs is 4. The summed E-state index contributed by atoms with van der Waals surface area (Å²) in [7, 11) is 1.63. The lowest BCUT2D eigenvalue weighted by molar-refractivity contribution is 0.0216. The van der Waals surface area contributed by atoms with Crippen molar-refractivity contribution in [3.05, 3.63) is 23.2 Å². The molecule has 5 nitrogen and oxygen atoms in total. The standard InChI is InChI=1S/C17H21N3O2S/c1-10-15(11-3-6-20(10)7-4-11)19-17(21)13-9-14(22-2)16-12(18-13)5-8-23-16/h5,8-11,15H,3-4,6-7H2,1-2H3,(H,19,21)/t10-,15-/m0/s1. The molecule has 3 aliphatic heterocycles. The highest BCUT2D eigenvalue weighted by atomic mass is 32.1. The van der Waals surface area contributed by atoms with Crippen LogP contribution >= 0.6 is 11.3 Å². The lowest BCUT2D eigenvalue weighted by Crippen LogP contribution is -2.62. The Morgan fingerprint density at radius 3 is 2.91 bits per heavy atom. The van der Waals surface area contributed by atoms with E-state index >= 15 is 0 Å². The summed E-state index contributed by atoms with van der Waals surface area (Å²) < 4.78 is 6.41. The second-order valence-electron chi connectivity index (χ2n) is 6.46. The number of hydrogen-bond donors (Lipinski definition) is 1. The van der Waals surface area contributed by atoms with Gasteiger partial charge < -0.3 is 10.1 Å². The molecule has 2 aromatic rings. The molecule has 0 spiro atoms. The van der Waals surface area contributed by atoms with E-state index in [-0.39, 0.29) is 11.9 Å². The van der Waals surface area contributed by atoms with Crippen LogP contribution in [0.15, 0.2) is 17.5 Å². The molecule has 6 heteroatoms. The Bertz CT molecular complexity index is 735. The number of amides is 1. The maximum atomic E-state index is 12.7. The number of aromatic nitrogens is 1. The largest absolute Gasteiger partial charge is 0.495 e. The lowest BCUT2D eigenvalue weighted by Gasteiger charge is -2.49. The van der Waals surface area contributed by atoms with Gasteiger partial charge in [0.25, 0.3) is 5.91 Å². The quantitative estimate of drug-likeness (QED) is 0.939. The van der Waals surface area contributed by atoms with Gasteiger partial charge in [0.15, 0.2) is 0 Å². The number of rotatable bonds is 3. The highest BCUT2D eigenvalue weighted by Crippen LogP contribution is 2.33. The molecule has 2 bridgehead atoms. The van der Waals surface area contributed by atoms with Gasteiger partial charge in [-0.25, -0.2) is 4.98 Å². The first-order valence-electron chi connectivity index (χ1n) is 8.14. The van der Waals surface area contributed by atoms with Crippen molar-refractivity contribution in [3.63, 3.8) is 0 Å². The van der Waals surface area contributed by atoms with Crippen LogP contribution in [0.25, 0.3) is 10.2 Å². The fourth-order valence-electron chi connectivity index (χ4n) is 3.97. The van der Waals surface area contributed by atoms with Gasteiger partial charge in [-0.2, -0.15) is 0 Å². The third-order valence-corrected chi connectivity index (χ3v) is 6.22. The zero-order chi connectivity index (χ0) is 16.0. The Morgan fingerprint density at radius 2 is 2.22 bits per heavy atom. The fourth-order valence-corrected chi connectivity index (χ4v) is 4.79. The van der Waals surface area contributed by atoms with Gasteiger partial charge in [0, 0.05) is 18.2 Å². The fraction of sp³-hybridized carbons (Fsp3) is 0.529. The molecular weight excluding hydrogens is 310 g/mol. The van der Waals surface area contributed by atoms with Crippen molar-refractivity contribution in [1.29, 1.82) is 0 Å². The number of piperidine rings is 3. The van der Waals surface area contributed by atoms with Crippen molar-refractivity contribution in [2.45, 2.75) is 31.8 Å². The molecule has 3 saturated heterocycles. The van der Waals surface area contributed by atoms with Crippen molar-refractivity contribution in [3.8, 4) is 5.75 Å². The van der Waals surface area contributed by atoms with Gasteiger partial charge in [-0.05, 0) is 50.2 Å². The predicted molar refractivity (Wildman–Crippen MR) is 91.2 cm³/mol. The van der Waals surface area contributed by atoms with Gasteiger partial charge >= 0.3 is 0 Å². The lowest BCUT2D eigenvalue weighted by atomic mass is 9.79. The minimum atomic E-state index is -0.0954. The van der Waals surface area contributed by atoms with E-state index in [1.165, 1.54) is 12.8 Å². The number of pyridine rings is 1. The maximum Gasteiger partial charge on any atom is 0.270 e. The van der Waals surface area contributed by atoms with E-state index in [0.29, 0.717) is 17.7 Å². The number of carbonyl (C=O) groups excluding carboxylic acids is 1. The van der Waals surface area contributed by atoms with E-state index in [0.717, 1.165) is 29.1 Å². The number of thiophene rings is 1. The molecule has 23 heavy (non-hydrogen) atoms. The number of nitrogens with zero attached hydrogens (tertiary/aromatic N) is 2. The minimum absolute atomic E-state index is 0.0954. The molecule has 5 heterocycles. The first-order chi connectivity index (χ1) is 11.2. The number of hydrogen-bond acceptors (Lipinski definition) is 5. The van der Waals surface area contributed by atoms with E-state index in [4.69, 9.17) is 4.74 Å². The smallest absolute Gasteiger partial charge is 0.270 e. The second-order valence-corrected chi connectivity index (χ2v) is 7.37. The van der Waals surface area contributed by atoms with Gasteiger partial charge in [-0.15, -0.1) is 11.3 Å².